The molecule has 17 heavy (non-hydrogen) atoms. The zero-order valence-electron chi connectivity index (χ0n) is 9.50. The number of carbonyl (C=O) groups is 2. The first kappa shape index (κ1) is 11.6. The van der Waals surface area contributed by atoms with Gasteiger partial charge in [0, 0.05) is 19.4 Å². The Hall–Kier alpha value is -1.84. The number of carboxylic acid groups (broad SMARTS) is 1. The molecular weight excluding hydrogens is 218 g/mol. The van der Waals surface area contributed by atoms with E-state index in [1.54, 1.807) is 0 Å². The third-order valence-corrected chi connectivity index (χ3v) is 3.09. The van der Waals surface area contributed by atoms with Crippen molar-refractivity contribution in [2.45, 2.75) is 25.3 Å². The van der Waals surface area contributed by atoms with Gasteiger partial charge < -0.3 is 5.11 Å². The van der Waals surface area contributed by atoms with Crippen molar-refractivity contribution < 1.29 is 14.7 Å². The van der Waals surface area contributed by atoms with Crippen LogP contribution in [0.1, 0.15) is 18.4 Å². The molecule has 1 fully saturated rings. The van der Waals surface area contributed by atoms with Crippen molar-refractivity contribution in [3.63, 3.8) is 0 Å². The molecule has 1 aliphatic rings. The van der Waals surface area contributed by atoms with Crippen LogP contribution >= 0.6 is 0 Å². The lowest BCUT2D eigenvalue weighted by Crippen LogP contribution is -2.49. The van der Waals surface area contributed by atoms with Gasteiger partial charge in [0.15, 0.2) is 5.78 Å². The van der Waals surface area contributed by atoms with Crippen molar-refractivity contribution >= 4 is 11.9 Å². The lowest BCUT2D eigenvalue weighted by atomic mass is 9.95. The van der Waals surface area contributed by atoms with Gasteiger partial charge in [-0.3, -0.25) is 9.69 Å². The van der Waals surface area contributed by atoms with Gasteiger partial charge in [-0.25, -0.2) is 4.79 Å². The molecule has 2 rings (SSSR count). The van der Waals surface area contributed by atoms with Crippen molar-refractivity contribution in [2.75, 3.05) is 6.54 Å². The number of amides is 1. The van der Waals surface area contributed by atoms with Crippen LogP contribution in [0.5, 0.6) is 0 Å². The highest BCUT2D eigenvalue weighted by Crippen LogP contribution is 2.18. The molecule has 1 N–H and O–H groups in total. The molecular formula is C13H15NO3. The number of likely N-dealkylation sites (tertiary alicyclic amines) is 1. The van der Waals surface area contributed by atoms with Crippen LogP contribution in [0.2, 0.25) is 0 Å². The van der Waals surface area contributed by atoms with Crippen LogP contribution in [0, 0.1) is 0 Å². The van der Waals surface area contributed by atoms with Crippen molar-refractivity contribution in [1.29, 1.82) is 0 Å². The molecule has 1 aromatic carbocycles. The summed E-state index contributed by atoms with van der Waals surface area (Å²) < 4.78 is 0. The quantitative estimate of drug-likeness (QED) is 0.849. The molecule has 0 saturated carbocycles. The van der Waals surface area contributed by atoms with E-state index >= 15 is 0 Å². The number of hydrogen-bond donors (Lipinski definition) is 1. The minimum Gasteiger partial charge on any atom is -0.465 e. The minimum absolute atomic E-state index is 0.0301. The summed E-state index contributed by atoms with van der Waals surface area (Å²) >= 11 is 0. The molecule has 4 heteroatoms. The fourth-order valence-corrected chi connectivity index (χ4v) is 2.21. The van der Waals surface area contributed by atoms with Crippen molar-refractivity contribution in [1.82, 2.24) is 4.90 Å². The highest BCUT2D eigenvalue weighted by molar-refractivity contribution is 5.88. The number of nitrogens with zero attached hydrogens (tertiary/aromatic N) is 1. The van der Waals surface area contributed by atoms with Crippen LogP contribution < -0.4 is 0 Å². The van der Waals surface area contributed by atoms with Crippen molar-refractivity contribution in [3.8, 4) is 0 Å². The van der Waals surface area contributed by atoms with Crippen LogP contribution in [-0.4, -0.2) is 34.5 Å². The maximum absolute atomic E-state index is 11.8. The van der Waals surface area contributed by atoms with E-state index in [1.807, 2.05) is 30.3 Å². The molecule has 0 spiro atoms. The molecule has 1 saturated heterocycles. The van der Waals surface area contributed by atoms with Gasteiger partial charge in [-0.05, 0) is 12.0 Å². The summed E-state index contributed by atoms with van der Waals surface area (Å²) in [5.74, 6) is 0.0301. The summed E-state index contributed by atoms with van der Waals surface area (Å²) in [6.45, 7) is 0.457. The number of rotatable bonds is 2. The van der Waals surface area contributed by atoms with E-state index < -0.39 is 12.1 Å². The van der Waals surface area contributed by atoms with Gasteiger partial charge in [0.25, 0.3) is 0 Å². The SMILES string of the molecule is O=C1CCCN(C(=O)O)C1Cc1ccccc1. The summed E-state index contributed by atoms with van der Waals surface area (Å²) in [6, 6.07) is 9.02. The highest BCUT2D eigenvalue weighted by Gasteiger charge is 2.32. The first-order valence-electron chi connectivity index (χ1n) is 5.74. The van der Waals surface area contributed by atoms with Crippen LogP contribution in [0.25, 0.3) is 0 Å². The third-order valence-electron chi connectivity index (χ3n) is 3.09. The number of piperidine rings is 1. The maximum Gasteiger partial charge on any atom is 0.407 e. The van der Waals surface area contributed by atoms with Crippen LogP contribution in [0.3, 0.4) is 0 Å². The molecule has 1 amide bonds. The lowest BCUT2D eigenvalue weighted by molar-refractivity contribution is -0.126. The summed E-state index contributed by atoms with van der Waals surface area (Å²) in [7, 11) is 0. The molecule has 90 valence electrons. The second-order valence-electron chi connectivity index (χ2n) is 4.25. The first-order valence-corrected chi connectivity index (χ1v) is 5.74. The van der Waals surface area contributed by atoms with Gasteiger partial charge in [-0.15, -0.1) is 0 Å². The van der Waals surface area contributed by atoms with Gasteiger partial charge >= 0.3 is 6.09 Å². The molecule has 0 radical (unpaired) electrons. The van der Waals surface area contributed by atoms with Gasteiger partial charge in [-0.2, -0.15) is 0 Å². The van der Waals surface area contributed by atoms with Crippen molar-refractivity contribution in [3.05, 3.63) is 35.9 Å². The minimum atomic E-state index is -1.00. The van der Waals surface area contributed by atoms with Crippen LogP contribution in [-0.2, 0) is 11.2 Å². The monoisotopic (exact) mass is 233 g/mol. The Morgan fingerprint density at radius 2 is 2.06 bits per heavy atom. The molecule has 1 aromatic rings. The number of carbonyl (C=O) groups excluding carboxylic acids is 1. The summed E-state index contributed by atoms with van der Waals surface area (Å²) in [6.07, 6.45) is 0.600. The van der Waals surface area contributed by atoms with E-state index in [0.29, 0.717) is 25.8 Å². The maximum atomic E-state index is 11.8. The van der Waals surface area contributed by atoms with Gasteiger partial charge in [0.05, 0.1) is 6.04 Å². The Balaban J connectivity index is 2.15. The number of Topliss-reactive ketones (excluding diaryl/α,β-unsaturated/α-hetero) is 1. The van der Waals surface area contributed by atoms with E-state index in [2.05, 4.69) is 0 Å². The molecule has 1 atom stereocenters. The zero-order chi connectivity index (χ0) is 12.3. The van der Waals surface area contributed by atoms with Crippen LogP contribution in [0.15, 0.2) is 30.3 Å². The predicted molar refractivity (Wildman–Crippen MR) is 62.9 cm³/mol. The second-order valence-corrected chi connectivity index (χ2v) is 4.25. The number of ketones is 1. The molecule has 1 aliphatic heterocycles. The van der Waals surface area contributed by atoms with Gasteiger partial charge in [0.1, 0.15) is 0 Å². The summed E-state index contributed by atoms with van der Waals surface area (Å²) in [4.78, 5) is 24.1. The lowest BCUT2D eigenvalue weighted by Gasteiger charge is -2.32. The van der Waals surface area contributed by atoms with E-state index in [0.717, 1.165) is 5.56 Å². The van der Waals surface area contributed by atoms with Gasteiger partial charge in [0.2, 0.25) is 0 Å². The number of benzene rings is 1. The molecule has 1 heterocycles. The average molecular weight is 233 g/mol. The third kappa shape index (κ3) is 2.64. The average Bonchev–Trinajstić information content (AvgIpc) is 2.33. The van der Waals surface area contributed by atoms with Gasteiger partial charge in [-0.1, -0.05) is 30.3 Å². The Kier molecular flexibility index (Phi) is 3.42. The van der Waals surface area contributed by atoms with Crippen LogP contribution in [0.4, 0.5) is 4.79 Å². The molecule has 4 nitrogen and oxygen atoms in total. The smallest absolute Gasteiger partial charge is 0.407 e. The Bertz CT molecular complexity index is 416. The summed E-state index contributed by atoms with van der Waals surface area (Å²) in [5, 5.41) is 9.08. The Morgan fingerprint density at radius 3 is 2.71 bits per heavy atom. The van der Waals surface area contributed by atoms with E-state index in [1.165, 1.54) is 4.90 Å². The highest BCUT2D eigenvalue weighted by atomic mass is 16.4. The Morgan fingerprint density at radius 1 is 1.35 bits per heavy atom. The first-order chi connectivity index (χ1) is 8.18. The molecule has 0 aromatic heterocycles. The topological polar surface area (TPSA) is 57.6 Å². The zero-order valence-corrected chi connectivity index (χ0v) is 9.50. The fraction of sp³-hybridized carbons (Fsp3) is 0.385. The number of hydrogen-bond acceptors (Lipinski definition) is 2. The Labute approximate surface area is 99.9 Å². The fourth-order valence-electron chi connectivity index (χ4n) is 2.21. The molecule has 0 bridgehead atoms. The van der Waals surface area contributed by atoms with E-state index in [-0.39, 0.29) is 5.78 Å². The largest absolute Gasteiger partial charge is 0.465 e. The van der Waals surface area contributed by atoms with E-state index in [4.69, 9.17) is 5.11 Å². The molecule has 1 unspecified atom stereocenters. The normalized spacial score (nSPS) is 20.4. The van der Waals surface area contributed by atoms with E-state index in [9.17, 15) is 9.59 Å². The summed E-state index contributed by atoms with van der Waals surface area (Å²) in [5.41, 5.74) is 0.999. The van der Waals surface area contributed by atoms with Crippen molar-refractivity contribution in [2.24, 2.45) is 0 Å². The molecule has 0 aliphatic carbocycles. The predicted octanol–water partition coefficient (Wildman–Crippen LogP) is 1.94. The second kappa shape index (κ2) is 4.99. The standard InChI is InChI=1S/C13H15NO3/c15-12-7-4-8-14(13(16)17)11(12)9-10-5-2-1-3-6-10/h1-3,5-6,11H,4,7-9H2,(H,16,17).